The highest BCUT2D eigenvalue weighted by Crippen LogP contribution is 2.22. The van der Waals surface area contributed by atoms with E-state index in [1.54, 1.807) is 17.8 Å². The zero-order chi connectivity index (χ0) is 13.0. The smallest absolute Gasteiger partial charge is 0.142 e. The maximum absolute atomic E-state index is 13.2. The quantitative estimate of drug-likeness (QED) is 0.807. The van der Waals surface area contributed by atoms with Crippen LogP contribution in [0.5, 0.6) is 0 Å². The lowest BCUT2D eigenvalue weighted by Crippen LogP contribution is -2.00. The Bertz CT molecular complexity index is 528. The minimum absolute atomic E-state index is 0.186. The number of hydrogen-bond donors (Lipinski definition) is 1. The summed E-state index contributed by atoms with van der Waals surface area (Å²) in [6.07, 6.45) is 2.04. The number of nitrogens with one attached hydrogen (secondary N) is 1. The second kappa shape index (κ2) is 6.12. The predicted octanol–water partition coefficient (Wildman–Crippen LogP) is 4.81. The van der Waals surface area contributed by atoms with Gasteiger partial charge in [0.15, 0.2) is 0 Å². The van der Waals surface area contributed by atoms with Crippen LogP contribution in [0.2, 0.25) is 5.02 Å². The summed E-state index contributed by atoms with van der Waals surface area (Å²) in [5.41, 5.74) is 1.75. The molecule has 94 valence electrons. The average Bonchev–Trinajstić information content (AvgIpc) is 2.41. The molecule has 4 heteroatoms. The molecule has 2 aromatic rings. The molecule has 0 radical (unpaired) electrons. The fraction of sp³-hybridized carbons (Fsp3) is 0.143. The van der Waals surface area contributed by atoms with Crippen molar-refractivity contribution >= 4 is 29.1 Å². The molecule has 1 nitrogen and oxygen atoms in total. The number of rotatable bonds is 4. The number of hydrogen-bond acceptors (Lipinski definition) is 2. The van der Waals surface area contributed by atoms with Crippen molar-refractivity contribution in [2.45, 2.75) is 11.4 Å². The lowest BCUT2D eigenvalue weighted by molar-refractivity contribution is 0.626. The topological polar surface area (TPSA) is 12.0 Å². The number of thioether (sulfide) groups is 1. The minimum atomic E-state index is -0.381. The van der Waals surface area contributed by atoms with Gasteiger partial charge in [0.05, 0.1) is 5.02 Å². The van der Waals surface area contributed by atoms with Crippen LogP contribution in [-0.2, 0) is 6.54 Å². The van der Waals surface area contributed by atoms with E-state index in [-0.39, 0.29) is 10.8 Å². The standard InChI is InChI=1S/C14H13ClFNS/c1-18-12-7-5-11(6-8-12)17-9-10-3-2-4-13(16)14(10)15/h2-8,17H,9H2,1H3. The highest BCUT2D eigenvalue weighted by atomic mass is 35.5. The predicted molar refractivity (Wildman–Crippen MR) is 77.0 cm³/mol. The highest BCUT2D eigenvalue weighted by Gasteiger charge is 2.04. The van der Waals surface area contributed by atoms with Crippen LogP contribution in [0, 0.1) is 5.82 Å². The first kappa shape index (κ1) is 13.2. The van der Waals surface area contributed by atoms with Crippen molar-refractivity contribution < 1.29 is 4.39 Å². The molecule has 18 heavy (non-hydrogen) atoms. The molecule has 0 aliphatic carbocycles. The van der Waals surface area contributed by atoms with Crippen LogP contribution < -0.4 is 5.32 Å². The first-order chi connectivity index (χ1) is 8.70. The van der Waals surface area contributed by atoms with E-state index in [9.17, 15) is 4.39 Å². The van der Waals surface area contributed by atoms with Gasteiger partial charge in [0, 0.05) is 17.1 Å². The third-order valence-electron chi connectivity index (χ3n) is 2.60. The molecule has 0 saturated heterocycles. The van der Waals surface area contributed by atoms with Gasteiger partial charge in [-0.1, -0.05) is 23.7 Å². The van der Waals surface area contributed by atoms with Crippen molar-refractivity contribution in [3.05, 3.63) is 58.9 Å². The van der Waals surface area contributed by atoms with Crippen LogP contribution in [0.25, 0.3) is 0 Å². The second-order valence-corrected chi connectivity index (χ2v) is 5.05. The Labute approximate surface area is 115 Å². The number of halogens is 2. The van der Waals surface area contributed by atoms with Crippen LogP contribution in [0.15, 0.2) is 47.4 Å². The molecule has 2 aromatic carbocycles. The Balaban J connectivity index is 2.04. The maximum atomic E-state index is 13.2. The number of anilines is 1. The summed E-state index contributed by atoms with van der Waals surface area (Å²) in [7, 11) is 0. The zero-order valence-corrected chi connectivity index (χ0v) is 11.5. The van der Waals surface area contributed by atoms with Gasteiger partial charge in [-0.05, 0) is 42.2 Å². The summed E-state index contributed by atoms with van der Waals surface area (Å²) in [6.45, 7) is 0.509. The van der Waals surface area contributed by atoms with E-state index in [0.717, 1.165) is 11.3 Å². The van der Waals surface area contributed by atoms with Gasteiger partial charge in [-0.2, -0.15) is 0 Å². The lowest BCUT2D eigenvalue weighted by Gasteiger charge is -2.09. The third kappa shape index (κ3) is 3.18. The normalized spacial score (nSPS) is 10.4. The molecule has 0 spiro atoms. The van der Waals surface area contributed by atoms with Crippen molar-refractivity contribution in [3.63, 3.8) is 0 Å². The Morgan fingerprint density at radius 1 is 1.17 bits per heavy atom. The van der Waals surface area contributed by atoms with Gasteiger partial charge in [-0.25, -0.2) is 4.39 Å². The van der Waals surface area contributed by atoms with E-state index in [2.05, 4.69) is 5.32 Å². The molecule has 0 aromatic heterocycles. The van der Waals surface area contributed by atoms with E-state index < -0.39 is 0 Å². The molecule has 0 unspecified atom stereocenters. The van der Waals surface area contributed by atoms with Gasteiger partial charge in [0.25, 0.3) is 0 Å². The third-order valence-corrected chi connectivity index (χ3v) is 3.77. The van der Waals surface area contributed by atoms with E-state index in [1.807, 2.05) is 36.6 Å². The van der Waals surface area contributed by atoms with Crippen LogP contribution in [0.1, 0.15) is 5.56 Å². The molecule has 0 saturated carbocycles. The fourth-order valence-corrected chi connectivity index (χ4v) is 2.19. The first-order valence-electron chi connectivity index (χ1n) is 5.51. The Hall–Kier alpha value is -1.19. The summed E-state index contributed by atoms with van der Waals surface area (Å²) in [5, 5.41) is 3.41. The molecule has 0 atom stereocenters. The van der Waals surface area contributed by atoms with Crippen molar-refractivity contribution in [2.24, 2.45) is 0 Å². The molecule has 0 aliphatic rings. The van der Waals surface area contributed by atoms with Gasteiger partial charge in [0.2, 0.25) is 0 Å². The molecule has 0 amide bonds. The van der Waals surface area contributed by atoms with E-state index in [0.29, 0.717) is 6.54 Å². The average molecular weight is 282 g/mol. The summed E-state index contributed by atoms with van der Waals surface area (Å²) < 4.78 is 13.2. The molecule has 0 fully saturated rings. The van der Waals surface area contributed by atoms with Crippen LogP contribution in [0.3, 0.4) is 0 Å². The van der Waals surface area contributed by atoms with Gasteiger partial charge in [0.1, 0.15) is 5.82 Å². The Kier molecular flexibility index (Phi) is 4.50. The van der Waals surface area contributed by atoms with Crippen LogP contribution in [-0.4, -0.2) is 6.26 Å². The van der Waals surface area contributed by atoms with Gasteiger partial charge < -0.3 is 5.32 Å². The molecule has 0 heterocycles. The largest absolute Gasteiger partial charge is 0.381 e. The fourth-order valence-electron chi connectivity index (χ4n) is 1.59. The first-order valence-corrected chi connectivity index (χ1v) is 7.12. The Morgan fingerprint density at radius 3 is 2.56 bits per heavy atom. The Morgan fingerprint density at radius 2 is 1.89 bits per heavy atom. The van der Waals surface area contributed by atoms with Crippen molar-refractivity contribution in [1.82, 2.24) is 0 Å². The van der Waals surface area contributed by atoms with Crippen molar-refractivity contribution in [3.8, 4) is 0 Å². The van der Waals surface area contributed by atoms with Gasteiger partial charge in [-0.15, -0.1) is 11.8 Å². The lowest BCUT2D eigenvalue weighted by atomic mass is 10.2. The van der Waals surface area contributed by atoms with Crippen molar-refractivity contribution in [2.75, 3.05) is 11.6 Å². The summed E-state index contributed by atoms with van der Waals surface area (Å²) in [6, 6.07) is 12.9. The van der Waals surface area contributed by atoms with E-state index in [1.165, 1.54) is 11.0 Å². The summed E-state index contributed by atoms with van der Waals surface area (Å²) in [5.74, 6) is -0.381. The molecule has 2 rings (SSSR count). The highest BCUT2D eigenvalue weighted by molar-refractivity contribution is 7.98. The van der Waals surface area contributed by atoms with Crippen LogP contribution >= 0.6 is 23.4 Å². The monoisotopic (exact) mass is 281 g/mol. The molecular formula is C14H13ClFNS. The van der Waals surface area contributed by atoms with E-state index in [4.69, 9.17) is 11.6 Å². The molecular weight excluding hydrogens is 269 g/mol. The molecule has 0 aliphatic heterocycles. The summed E-state index contributed by atoms with van der Waals surface area (Å²) >= 11 is 7.59. The second-order valence-electron chi connectivity index (χ2n) is 3.79. The maximum Gasteiger partial charge on any atom is 0.142 e. The van der Waals surface area contributed by atoms with Gasteiger partial charge >= 0.3 is 0 Å². The van der Waals surface area contributed by atoms with E-state index >= 15 is 0 Å². The van der Waals surface area contributed by atoms with Gasteiger partial charge in [-0.3, -0.25) is 0 Å². The summed E-state index contributed by atoms with van der Waals surface area (Å²) in [4.78, 5) is 1.21. The van der Waals surface area contributed by atoms with Crippen molar-refractivity contribution in [1.29, 1.82) is 0 Å². The molecule has 1 N–H and O–H groups in total. The molecule has 0 bridgehead atoms. The van der Waals surface area contributed by atoms with Crippen LogP contribution in [0.4, 0.5) is 10.1 Å². The zero-order valence-electron chi connectivity index (χ0n) is 9.91. The SMILES string of the molecule is CSc1ccc(NCc2cccc(F)c2Cl)cc1. The number of benzene rings is 2. The minimum Gasteiger partial charge on any atom is -0.381 e.